The first-order chi connectivity index (χ1) is 16.0. The molecule has 0 atom stereocenters. The molecule has 4 rings (SSSR count). The monoisotopic (exact) mass is 475 g/mol. The van der Waals surface area contributed by atoms with Crippen molar-refractivity contribution in [2.24, 2.45) is 5.92 Å². The van der Waals surface area contributed by atoms with E-state index >= 15 is 0 Å². The second-order valence-corrected chi connectivity index (χ2v) is 11.3. The molecule has 0 N–H and O–H groups in total. The predicted octanol–water partition coefficient (Wildman–Crippen LogP) is 8.03. The lowest BCUT2D eigenvalue weighted by molar-refractivity contribution is 0.327. The molecule has 0 unspecified atom stereocenters. The maximum absolute atomic E-state index is 4.63. The van der Waals surface area contributed by atoms with Crippen molar-refractivity contribution in [3.63, 3.8) is 0 Å². The van der Waals surface area contributed by atoms with Gasteiger partial charge in [-0.15, -0.1) is 22.7 Å². The van der Waals surface area contributed by atoms with E-state index in [-0.39, 0.29) is 0 Å². The fraction of sp³-hybridized carbons (Fsp3) is 0.357. The van der Waals surface area contributed by atoms with E-state index in [2.05, 4.69) is 91.2 Å². The summed E-state index contributed by atoms with van der Waals surface area (Å²) in [5.74, 6) is 0.716. The van der Waals surface area contributed by atoms with E-state index in [0.29, 0.717) is 5.92 Å². The van der Waals surface area contributed by atoms with Crippen molar-refractivity contribution in [1.82, 2.24) is 14.9 Å². The molecule has 172 valence electrons. The van der Waals surface area contributed by atoms with Gasteiger partial charge in [-0.25, -0.2) is 9.97 Å². The van der Waals surface area contributed by atoms with Gasteiger partial charge in [-0.3, -0.25) is 4.90 Å². The molecule has 5 heteroatoms. The van der Waals surface area contributed by atoms with Crippen LogP contribution in [-0.4, -0.2) is 28.5 Å². The summed E-state index contributed by atoms with van der Waals surface area (Å²) in [6.45, 7) is 8.76. The van der Waals surface area contributed by atoms with Gasteiger partial charge in [0.2, 0.25) is 0 Å². The van der Waals surface area contributed by atoms with E-state index in [4.69, 9.17) is 0 Å². The molecule has 3 nitrogen and oxygen atoms in total. The number of aryl methyl sites for hydroxylation is 1. The van der Waals surface area contributed by atoms with Crippen LogP contribution in [0.1, 0.15) is 43.6 Å². The van der Waals surface area contributed by atoms with Crippen molar-refractivity contribution in [3.05, 3.63) is 70.9 Å². The fourth-order valence-corrected chi connectivity index (χ4v) is 5.78. The molecule has 0 aliphatic carbocycles. The molecule has 0 aliphatic heterocycles. The third-order valence-electron chi connectivity index (χ3n) is 5.73. The van der Waals surface area contributed by atoms with Crippen molar-refractivity contribution in [1.29, 1.82) is 0 Å². The number of hydrogen-bond donors (Lipinski definition) is 0. The first-order valence-electron chi connectivity index (χ1n) is 11.8. The van der Waals surface area contributed by atoms with Gasteiger partial charge < -0.3 is 0 Å². The Labute approximate surface area is 206 Å². The first-order valence-corrected chi connectivity index (χ1v) is 13.4. The minimum Gasteiger partial charge on any atom is -0.300 e. The van der Waals surface area contributed by atoms with Crippen molar-refractivity contribution < 1.29 is 0 Å². The van der Waals surface area contributed by atoms with Crippen molar-refractivity contribution in [2.45, 2.75) is 46.6 Å². The van der Waals surface area contributed by atoms with E-state index in [9.17, 15) is 0 Å². The average Bonchev–Trinajstić information content (AvgIpc) is 3.48. The standard InChI is InChI=1S/C28H33N3S2/c1-5-16-31(4)19-28-30-18-26(33-28)24-13-9-22(10-14-24)21-7-11-23(12-8-21)25-17-29-27(32-25)15-6-20(2)3/h7-14,17-18,20H,5-6,15-16,19H2,1-4H3. The Morgan fingerprint density at radius 1 is 0.758 bits per heavy atom. The maximum Gasteiger partial charge on any atom is 0.107 e. The highest BCUT2D eigenvalue weighted by molar-refractivity contribution is 7.15. The van der Waals surface area contributed by atoms with E-state index in [1.807, 2.05) is 23.7 Å². The summed E-state index contributed by atoms with van der Waals surface area (Å²) in [6.07, 6.45) is 7.46. The lowest BCUT2D eigenvalue weighted by Gasteiger charge is -2.12. The van der Waals surface area contributed by atoms with Gasteiger partial charge in [0.15, 0.2) is 0 Å². The van der Waals surface area contributed by atoms with E-state index in [0.717, 1.165) is 19.5 Å². The Kier molecular flexibility index (Phi) is 8.07. The van der Waals surface area contributed by atoms with Gasteiger partial charge in [-0.1, -0.05) is 69.3 Å². The molecule has 0 fully saturated rings. The minimum absolute atomic E-state index is 0.716. The summed E-state index contributed by atoms with van der Waals surface area (Å²) in [5, 5.41) is 2.41. The third-order valence-corrected chi connectivity index (χ3v) is 7.86. The van der Waals surface area contributed by atoms with Gasteiger partial charge in [0.25, 0.3) is 0 Å². The highest BCUT2D eigenvalue weighted by Gasteiger charge is 2.09. The van der Waals surface area contributed by atoms with Crippen molar-refractivity contribution >= 4 is 22.7 Å². The summed E-state index contributed by atoms with van der Waals surface area (Å²) >= 11 is 3.61. The highest BCUT2D eigenvalue weighted by Crippen LogP contribution is 2.32. The van der Waals surface area contributed by atoms with E-state index in [1.54, 1.807) is 11.3 Å². The van der Waals surface area contributed by atoms with Gasteiger partial charge in [0, 0.05) is 12.4 Å². The van der Waals surface area contributed by atoms with Crippen LogP contribution in [0.3, 0.4) is 0 Å². The highest BCUT2D eigenvalue weighted by atomic mass is 32.1. The van der Waals surface area contributed by atoms with Crippen LogP contribution in [0.5, 0.6) is 0 Å². The fourth-order valence-electron chi connectivity index (χ4n) is 3.83. The molecule has 2 aromatic carbocycles. The van der Waals surface area contributed by atoms with Crippen LogP contribution in [0.2, 0.25) is 0 Å². The van der Waals surface area contributed by atoms with Gasteiger partial charge in [0.05, 0.1) is 21.3 Å². The van der Waals surface area contributed by atoms with Gasteiger partial charge in [-0.2, -0.15) is 0 Å². The molecule has 2 aromatic heterocycles. The van der Waals surface area contributed by atoms with Gasteiger partial charge in [-0.05, 0) is 61.0 Å². The van der Waals surface area contributed by atoms with Crippen LogP contribution in [0.25, 0.3) is 32.0 Å². The molecule has 2 heterocycles. The van der Waals surface area contributed by atoms with Gasteiger partial charge in [0.1, 0.15) is 5.01 Å². The van der Waals surface area contributed by atoms with Crippen LogP contribution >= 0.6 is 22.7 Å². The molecular weight excluding hydrogens is 442 g/mol. The average molecular weight is 476 g/mol. The SMILES string of the molecule is CCCN(C)Cc1ncc(-c2ccc(-c3ccc(-c4cnc(CCC(C)C)s4)cc3)cc2)s1. The predicted molar refractivity (Wildman–Crippen MR) is 144 cm³/mol. The van der Waals surface area contributed by atoms with Crippen LogP contribution in [0, 0.1) is 5.92 Å². The quantitative estimate of drug-likeness (QED) is 0.232. The molecule has 0 saturated heterocycles. The normalized spacial score (nSPS) is 11.6. The largest absolute Gasteiger partial charge is 0.300 e. The van der Waals surface area contributed by atoms with Crippen LogP contribution in [0.4, 0.5) is 0 Å². The van der Waals surface area contributed by atoms with Crippen molar-refractivity contribution in [3.8, 4) is 32.0 Å². The maximum atomic E-state index is 4.63. The Morgan fingerprint density at radius 3 is 1.76 bits per heavy atom. The van der Waals surface area contributed by atoms with Crippen LogP contribution in [-0.2, 0) is 13.0 Å². The van der Waals surface area contributed by atoms with Crippen molar-refractivity contribution in [2.75, 3.05) is 13.6 Å². The zero-order valence-corrected chi connectivity index (χ0v) is 21.7. The van der Waals surface area contributed by atoms with E-state index in [1.165, 1.54) is 54.9 Å². The third kappa shape index (κ3) is 6.38. The minimum atomic E-state index is 0.716. The Hall–Kier alpha value is -2.34. The topological polar surface area (TPSA) is 29.0 Å². The smallest absolute Gasteiger partial charge is 0.107 e. The molecule has 0 amide bonds. The molecule has 0 radical (unpaired) electrons. The molecule has 0 saturated carbocycles. The number of rotatable bonds is 10. The number of thiazole rings is 2. The zero-order valence-electron chi connectivity index (χ0n) is 20.0. The summed E-state index contributed by atoms with van der Waals surface area (Å²) in [4.78, 5) is 14.1. The molecule has 33 heavy (non-hydrogen) atoms. The molecule has 0 aliphatic rings. The molecule has 0 spiro atoms. The summed E-state index contributed by atoms with van der Waals surface area (Å²) in [6, 6.07) is 17.7. The van der Waals surface area contributed by atoms with Gasteiger partial charge >= 0.3 is 0 Å². The Morgan fingerprint density at radius 2 is 1.24 bits per heavy atom. The second kappa shape index (κ2) is 11.2. The lowest BCUT2D eigenvalue weighted by atomic mass is 10.0. The zero-order chi connectivity index (χ0) is 23.2. The Bertz CT molecular complexity index is 1140. The Balaban J connectivity index is 1.42. The number of nitrogens with zero attached hydrogens (tertiary/aromatic N) is 3. The number of benzene rings is 2. The number of aromatic nitrogens is 2. The summed E-state index contributed by atoms with van der Waals surface area (Å²) < 4.78 is 0. The summed E-state index contributed by atoms with van der Waals surface area (Å²) in [5.41, 5.74) is 4.95. The molecule has 0 bridgehead atoms. The molecular formula is C28H33N3S2. The first kappa shape index (κ1) is 23.8. The second-order valence-electron chi connectivity index (χ2n) is 9.06. The lowest BCUT2D eigenvalue weighted by Crippen LogP contribution is -2.18. The van der Waals surface area contributed by atoms with E-state index < -0.39 is 0 Å². The summed E-state index contributed by atoms with van der Waals surface area (Å²) in [7, 11) is 2.16. The van der Waals surface area contributed by atoms with Crippen LogP contribution in [0.15, 0.2) is 60.9 Å². The molecule has 4 aromatic rings. The number of hydrogen-bond acceptors (Lipinski definition) is 5. The van der Waals surface area contributed by atoms with Crippen LogP contribution < -0.4 is 0 Å².